The van der Waals surface area contributed by atoms with Gasteiger partial charge in [-0.2, -0.15) is 0 Å². The minimum atomic E-state index is -0.795. The normalized spacial score (nSPS) is 18.7. The molecule has 2 aromatic rings. The third-order valence-electron chi connectivity index (χ3n) is 7.36. The number of hydrogen-bond donors (Lipinski definition) is 1. The van der Waals surface area contributed by atoms with Gasteiger partial charge < -0.3 is 38.4 Å². The quantitative estimate of drug-likeness (QED) is 0.217. The lowest BCUT2D eigenvalue weighted by Crippen LogP contribution is -2.42. The summed E-state index contributed by atoms with van der Waals surface area (Å²) in [5, 5.41) is 8.89. The molecule has 0 fully saturated rings. The highest BCUT2D eigenvalue weighted by Crippen LogP contribution is 2.39. The van der Waals surface area contributed by atoms with Crippen molar-refractivity contribution in [3.8, 4) is 5.69 Å². The highest BCUT2D eigenvalue weighted by Gasteiger charge is 2.41. The van der Waals surface area contributed by atoms with Crippen LogP contribution >= 0.6 is 0 Å². The summed E-state index contributed by atoms with van der Waals surface area (Å²) in [6.45, 7) is 5.55. The number of aliphatic hydroxyl groups excluding tert-OH is 1. The Morgan fingerprint density at radius 1 is 1.10 bits per heavy atom. The molecule has 1 aliphatic rings. The summed E-state index contributed by atoms with van der Waals surface area (Å²) in [5.41, 5.74) is 1.89. The number of allylic oxidation sites excluding steroid dienone is 1. The van der Waals surface area contributed by atoms with Gasteiger partial charge in [0.2, 0.25) is 6.29 Å². The zero-order chi connectivity index (χ0) is 30.6. The molecule has 0 unspecified atom stereocenters. The molecule has 1 aromatic carbocycles. The lowest BCUT2D eigenvalue weighted by atomic mass is 9.81. The molecule has 0 spiro atoms. The van der Waals surface area contributed by atoms with Crippen molar-refractivity contribution in [2.75, 3.05) is 67.5 Å². The molecule has 2 heterocycles. The molecule has 1 aliphatic heterocycles. The molecule has 0 aliphatic carbocycles. The SMILES string of the molecule is CCO[C@@H]1OC(C(=O)N(C)CC(OC)OC)=C[C@H](c2c(C)n(C)n(-c3ccccc3)c2=O)[C@H]1CCOCCOCCO. The first-order valence-corrected chi connectivity index (χ1v) is 14.2. The Labute approximate surface area is 247 Å². The number of carbonyl (C=O) groups is 1. The number of benzene rings is 1. The first-order valence-electron chi connectivity index (χ1n) is 14.2. The molecule has 0 radical (unpaired) electrons. The zero-order valence-electron chi connectivity index (χ0n) is 25.5. The first-order chi connectivity index (χ1) is 20.3. The minimum Gasteiger partial charge on any atom is -0.459 e. The Bertz CT molecular complexity index is 1210. The van der Waals surface area contributed by atoms with Crippen molar-refractivity contribution >= 4 is 5.91 Å². The van der Waals surface area contributed by atoms with E-state index in [4.69, 9.17) is 33.5 Å². The van der Waals surface area contributed by atoms with Crippen molar-refractivity contribution in [1.82, 2.24) is 14.3 Å². The second-order valence-corrected chi connectivity index (χ2v) is 9.96. The van der Waals surface area contributed by atoms with Crippen molar-refractivity contribution in [3.63, 3.8) is 0 Å². The number of nitrogens with zero attached hydrogens (tertiary/aromatic N) is 3. The predicted molar refractivity (Wildman–Crippen MR) is 155 cm³/mol. The van der Waals surface area contributed by atoms with E-state index in [0.29, 0.717) is 38.4 Å². The van der Waals surface area contributed by atoms with E-state index in [2.05, 4.69) is 0 Å². The van der Waals surface area contributed by atoms with Gasteiger partial charge in [-0.3, -0.25) is 14.3 Å². The molecule has 0 saturated heterocycles. The van der Waals surface area contributed by atoms with Crippen LogP contribution in [0.1, 0.15) is 30.5 Å². The number of amides is 1. The number of rotatable bonds is 17. The van der Waals surface area contributed by atoms with Crippen LogP contribution in [0.15, 0.2) is 47.0 Å². The van der Waals surface area contributed by atoms with Crippen LogP contribution in [-0.4, -0.2) is 105 Å². The lowest BCUT2D eigenvalue weighted by molar-refractivity contribution is -0.174. The minimum absolute atomic E-state index is 0.0474. The van der Waals surface area contributed by atoms with Gasteiger partial charge in [0.25, 0.3) is 11.5 Å². The van der Waals surface area contributed by atoms with Crippen molar-refractivity contribution in [1.29, 1.82) is 0 Å². The molecule has 0 saturated carbocycles. The van der Waals surface area contributed by atoms with Gasteiger partial charge in [-0.1, -0.05) is 18.2 Å². The maximum atomic E-state index is 14.1. The molecule has 42 heavy (non-hydrogen) atoms. The average molecular weight is 592 g/mol. The monoisotopic (exact) mass is 591 g/mol. The Kier molecular flexibility index (Phi) is 13.2. The number of hydrogen-bond acceptors (Lipinski definition) is 9. The molecular weight excluding hydrogens is 546 g/mol. The second-order valence-electron chi connectivity index (χ2n) is 9.96. The first kappa shape index (κ1) is 33.5. The summed E-state index contributed by atoms with van der Waals surface area (Å²) < 4.78 is 37.3. The van der Waals surface area contributed by atoms with Gasteiger partial charge in [-0.15, -0.1) is 0 Å². The molecule has 234 valence electrons. The fraction of sp³-hybridized carbons (Fsp3) is 0.600. The van der Waals surface area contributed by atoms with E-state index in [1.807, 2.05) is 55.9 Å². The highest BCUT2D eigenvalue weighted by atomic mass is 16.7. The summed E-state index contributed by atoms with van der Waals surface area (Å²) in [4.78, 5) is 29.1. The smallest absolute Gasteiger partial charge is 0.288 e. The van der Waals surface area contributed by atoms with Crippen LogP contribution in [0.4, 0.5) is 0 Å². The van der Waals surface area contributed by atoms with Crippen LogP contribution in [0.25, 0.3) is 5.69 Å². The molecule has 1 N–H and O–H groups in total. The van der Waals surface area contributed by atoms with Crippen molar-refractivity contribution in [3.05, 3.63) is 63.8 Å². The molecule has 3 atom stereocenters. The molecule has 1 amide bonds. The fourth-order valence-corrected chi connectivity index (χ4v) is 5.08. The molecule has 3 rings (SSSR count). The molecule has 1 aromatic heterocycles. The maximum absolute atomic E-state index is 14.1. The largest absolute Gasteiger partial charge is 0.459 e. The van der Waals surface area contributed by atoms with E-state index < -0.39 is 18.5 Å². The zero-order valence-corrected chi connectivity index (χ0v) is 25.5. The summed E-state index contributed by atoms with van der Waals surface area (Å²) >= 11 is 0. The van der Waals surface area contributed by atoms with Gasteiger partial charge in [-0.05, 0) is 38.5 Å². The van der Waals surface area contributed by atoms with E-state index in [1.165, 1.54) is 19.1 Å². The number of likely N-dealkylation sites (N-methyl/N-ethyl adjacent to an activating group) is 1. The van der Waals surface area contributed by atoms with E-state index in [1.54, 1.807) is 17.8 Å². The maximum Gasteiger partial charge on any atom is 0.288 e. The number of carbonyl (C=O) groups excluding carboxylic acids is 1. The Hall–Kier alpha value is -3.00. The van der Waals surface area contributed by atoms with E-state index >= 15 is 0 Å². The Morgan fingerprint density at radius 3 is 2.38 bits per heavy atom. The van der Waals surface area contributed by atoms with Crippen LogP contribution in [-0.2, 0) is 40.3 Å². The topological polar surface area (TPSA) is 123 Å². The van der Waals surface area contributed by atoms with Crippen LogP contribution in [0.5, 0.6) is 0 Å². The van der Waals surface area contributed by atoms with Crippen molar-refractivity contribution in [2.24, 2.45) is 13.0 Å². The summed E-state index contributed by atoms with van der Waals surface area (Å²) in [5.74, 6) is -1.11. The predicted octanol–water partition coefficient (Wildman–Crippen LogP) is 1.95. The summed E-state index contributed by atoms with van der Waals surface area (Å²) in [7, 11) is 6.49. The van der Waals surface area contributed by atoms with Gasteiger partial charge in [0.1, 0.15) is 0 Å². The molecule has 12 nitrogen and oxygen atoms in total. The number of ether oxygens (including phenoxy) is 6. The van der Waals surface area contributed by atoms with Gasteiger partial charge in [-0.25, -0.2) is 4.68 Å². The van der Waals surface area contributed by atoms with Gasteiger partial charge in [0.15, 0.2) is 12.0 Å². The average Bonchev–Trinajstić information content (AvgIpc) is 3.22. The van der Waals surface area contributed by atoms with Gasteiger partial charge in [0, 0.05) is 64.6 Å². The fourth-order valence-electron chi connectivity index (χ4n) is 5.08. The van der Waals surface area contributed by atoms with Gasteiger partial charge in [0.05, 0.1) is 38.7 Å². The summed E-state index contributed by atoms with van der Waals surface area (Å²) in [6, 6.07) is 9.42. The Morgan fingerprint density at radius 2 is 1.76 bits per heavy atom. The standard InChI is InChI=1S/C30H45N3O9/c1-7-41-30-23(13-15-39-17-18-40-16-14-34)24(19-25(42-30)28(35)31(3)20-26(37-5)38-6)27-21(2)32(4)33(29(27)36)22-11-9-8-10-12-22/h8-12,19,23-24,26,30,34H,7,13-18,20H2,1-6H3/t23-,24+,30-/m1/s1. The number of aromatic nitrogens is 2. The van der Waals surface area contributed by atoms with Gasteiger partial charge >= 0.3 is 0 Å². The Balaban J connectivity index is 2.02. The molecule has 12 heteroatoms. The third-order valence-corrected chi connectivity index (χ3v) is 7.36. The van der Waals surface area contributed by atoms with Crippen molar-refractivity contribution < 1.29 is 38.3 Å². The number of aliphatic hydroxyl groups is 1. The summed E-state index contributed by atoms with van der Waals surface area (Å²) in [6.07, 6.45) is 0.827. The lowest BCUT2D eigenvalue weighted by Gasteiger charge is -2.37. The van der Waals surface area contributed by atoms with Crippen LogP contribution in [0, 0.1) is 12.8 Å². The number of para-hydroxylation sites is 1. The number of methoxy groups -OCH3 is 2. The van der Waals surface area contributed by atoms with Crippen LogP contribution < -0.4 is 5.56 Å². The van der Waals surface area contributed by atoms with Crippen LogP contribution in [0.3, 0.4) is 0 Å². The van der Waals surface area contributed by atoms with E-state index in [0.717, 1.165) is 11.4 Å². The van der Waals surface area contributed by atoms with Crippen molar-refractivity contribution in [2.45, 2.75) is 38.8 Å². The van der Waals surface area contributed by atoms with E-state index in [-0.39, 0.29) is 42.9 Å². The molecular formula is C30H45N3O9. The van der Waals surface area contributed by atoms with E-state index in [9.17, 15) is 9.59 Å². The van der Waals surface area contributed by atoms with Crippen LogP contribution in [0.2, 0.25) is 0 Å². The second kappa shape index (κ2) is 16.6. The molecule has 0 bridgehead atoms. The third kappa shape index (κ3) is 8.09. The highest BCUT2D eigenvalue weighted by molar-refractivity contribution is 5.91.